The summed E-state index contributed by atoms with van der Waals surface area (Å²) in [5.41, 5.74) is 1.28. The Morgan fingerprint density at radius 1 is 1.10 bits per heavy atom. The number of sulfonamides is 1. The molecule has 1 amide bonds. The Labute approximate surface area is 176 Å². The first-order valence-corrected chi connectivity index (χ1v) is 11.1. The third-order valence-electron chi connectivity index (χ3n) is 4.79. The fourth-order valence-corrected chi connectivity index (χ4v) is 4.26. The molecule has 1 heterocycles. The summed E-state index contributed by atoms with van der Waals surface area (Å²) < 4.78 is 43.2. The number of amides is 1. The molecular weight excluding hydrogens is 408 g/mol. The van der Waals surface area contributed by atoms with Crippen LogP contribution in [0.3, 0.4) is 0 Å². The minimum absolute atomic E-state index is 0.0742. The highest BCUT2D eigenvalue weighted by Gasteiger charge is 2.20. The van der Waals surface area contributed by atoms with Crippen LogP contribution in [0.4, 0.5) is 5.69 Å². The van der Waals surface area contributed by atoms with Crippen LogP contribution in [0.15, 0.2) is 47.4 Å². The molecular formula is C21H26N2O6S. The minimum Gasteiger partial charge on any atom is -0.493 e. The number of anilines is 1. The van der Waals surface area contributed by atoms with Gasteiger partial charge in [0.2, 0.25) is 15.9 Å². The molecule has 9 heteroatoms. The Morgan fingerprint density at radius 3 is 2.47 bits per heavy atom. The third kappa shape index (κ3) is 5.71. The Balaban J connectivity index is 1.57. The number of hydrogen-bond donors (Lipinski definition) is 2. The molecule has 0 aromatic heterocycles. The van der Waals surface area contributed by atoms with E-state index in [2.05, 4.69) is 10.0 Å². The van der Waals surface area contributed by atoms with Gasteiger partial charge in [-0.15, -0.1) is 0 Å². The van der Waals surface area contributed by atoms with Crippen molar-refractivity contribution in [1.29, 1.82) is 0 Å². The van der Waals surface area contributed by atoms with E-state index in [0.29, 0.717) is 23.8 Å². The van der Waals surface area contributed by atoms with E-state index in [4.69, 9.17) is 14.2 Å². The highest BCUT2D eigenvalue weighted by Crippen LogP contribution is 2.27. The molecule has 0 saturated carbocycles. The molecule has 1 aliphatic heterocycles. The van der Waals surface area contributed by atoms with Crippen LogP contribution in [0.25, 0.3) is 0 Å². The maximum atomic E-state index is 12.4. The summed E-state index contributed by atoms with van der Waals surface area (Å²) in [5, 5.41) is 2.77. The third-order valence-corrected chi connectivity index (χ3v) is 6.23. The number of methoxy groups -OCH3 is 2. The Bertz CT molecular complexity index is 969. The maximum absolute atomic E-state index is 12.4. The van der Waals surface area contributed by atoms with Crippen LogP contribution in [-0.2, 0) is 26.0 Å². The van der Waals surface area contributed by atoms with Gasteiger partial charge in [0.1, 0.15) is 0 Å². The van der Waals surface area contributed by atoms with Gasteiger partial charge in [0.15, 0.2) is 11.5 Å². The van der Waals surface area contributed by atoms with Gasteiger partial charge in [-0.1, -0.05) is 6.07 Å². The van der Waals surface area contributed by atoms with Crippen molar-refractivity contribution in [2.75, 3.05) is 32.7 Å². The lowest BCUT2D eigenvalue weighted by molar-refractivity contribution is -0.115. The number of rotatable bonds is 9. The van der Waals surface area contributed by atoms with E-state index in [0.717, 1.165) is 18.4 Å². The van der Waals surface area contributed by atoms with E-state index in [9.17, 15) is 13.2 Å². The molecule has 0 radical (unpaired) electrons. The van der Waals surface area contributed by atoms with Crippen molar-refractivity contribution in [3.8, 4) is 11.5 Å². The molecule has 162 valence electrons. The van der Waals surface area contributed by atoms with Crippen LogP contribution < -0.4 is 19.5 Å². The number of ether oxygens (including phenoxy) is 3. The lowest BCUT2D eigenvalue weighted by atomic mass is 10.1. The van der Waals surface area contributed by atoms with E-state index >= 15 is 0 Å². The molecule has 3 rings (SSSR count). The van der Waals surface area contributed by atoms with Crippen LogP contribution >= 0.6 is 0 Å². The van der Waals surface area contributed by atoms with Crippen molar-refractivity contribution in [2.24, 2.45) is 0 Å². The average molecular weight is 435 g/mol. The van der Waals surface area contributed by atoms with Gasteiger partial charge in [0, 0.05) is 18.8 Å². The molecule has 8 nitrogen and oxygen atoms in total. The monoisotopic (exact) mass is 434 g/mol. The molecule has 2 aromatic carbocycles. The molecule has 1 fully saturated rings. The van der Waals surface area contributed by atoms with Crippen molar-refractivity contribution < 1.29 is 27.4 Å². The molecule has 0 spiro atoms. The summed E-state index contributed by atoms with van der Waals surface area (Å²) >= 11 is 0. The van der Waals surface area contributed by atoms with Gasteiger partial charge < -0.3 is 19.5 Å². The van der Waals surface area contributed by atoms with Gasteiger partial charge in [0.25, 0.3) is 0 Å². The summed E-state index contributed by atoms with van der Waals surface area (Å²) in [7, 11) is -0.542. The topological polar surface area (TPSA) is 103 Å². The zero-order chi connectivity index (χ0) is 21.6. The fraction of sp³-hybridized carbons (Fsp3) is 0.381. The second-order valence-corrected chi connectivity index (χ2v) is 8.69. The first-order chi connectivity index (χ1) is 14.4. The minimum atomic E-state index is -3.62. The van der Waals surface area contributed by atoms with Crippen molar-refractivity contribution in [1.82, 2.24) is 4.72 Å². The zero-order valence-electron chi connectivity index (χ0n) is 17.0. The van der Waals surface area contributed by atoms with Crippen LogP contribution in [0.5, 0.6) is 11.5 Å². The van der Waals surface area contributed by atoms with Gasteiger partial charge in [-0.25, -0.2) is 13.1 Å². The maximum Gasteiger partial charge on any atom is 0.240 e. The molecule has 30 heavy (non-hydrogen) atoms. The standard InChI is InChI=1S/C21H26N2O6S/c1-27-19-10-5-15(12-20(19)28-2)13-21(24)23-16-6-8-18(9-7-16)30(25,26)22-14-17-4-3-11-29-17/h5-10,12,17,22H,3-4,11,13-14H2,1-2H3,(H,23,24). The smallest absolute Gasteiger partial charge is 0.240 e. The summed E-state index contributed by atoms with van der Waals surface area (Å²) in [6.45, 7) is 0.927. The highest BCUT2D eigenvalue weighted by molar-refractivity contribution is 7.89. The van der Waals surface area contributed by atoms with Gasteiger partial charge >= 0.3 is 0 Å². The number of carbonyl (C=O) groups is 1. The summed E-state index contributed by atoms with van der Waals surface area (Å²) in [5.74, 6) is 0.911. The second kappa shape index (κ2) is 9.92. The lowest BCUT2D eigenvalue weighted by Crippen LogP contribution is -2.31. The molecule has 1 unspecified atom stereocenters. The molecule has 1 atom stereocenters. The fourth-order valence-electron chi connectivity index (χ4n) is 3.19. The van der Waals surface area contributed by atoms with E-state index in [1.807, 2.05) is 0 Å². The van der Waals surface area contributed by atoms with Gasteiger partial charge in [-0.2, -0.15) is 0 Å². The van der Waals surface area contributed by atoms with Crippen LogP contribution in [0.2, 0.25) is 0 Å². The predicted molar refractivity (Wildman–Crippen MR) is 112 cm³/mol. The number of nitrogens with one attached hydrogen (secondary N) is 2. The average Bonchev–Trinajstić information content (AvgIpc) is 3.26. The van der Waals surface area contributed by atoms with E-state index in [1.54, 1.807) is 37.4 Å². The largest absolute Gasteiger partial charge is 0.493 e. The van der Waals surface area contributed by atoms with Crippen LogP contribution in [-0.4, -0.2) is 47.8 Å². The van der Waals surface area contributed by atoms with Crippen LogP contribution in [0.1, 0.15) is 18.4 Å². The van der Waals surface area contributed by atoms with Crippen molar-refractivity contribution in [3.05, 3.63) is 48.0 Å². The molecule has 1 aliphatic rings. The highest BCUT2D eigenvalue weighted by atomic mass is 32.2. The van der Waals surface area contributed by atoms with Gasteiger partial charge in [-0.3, -0.25) is 4.79 Å². The Hall–Kier alpha value is -2.62. The number of benzene rings is 2. The SMILES string of the molecule is COc1ccc(CC(=O)Nc2ccc(S(=O)(=O)NCC3CCCO3)cc2)cc1OC. The van der Waals surface area contributed by atoms with Gasteiger partial charge in [-0.05, 0) is 54.8 Å². The Kier molecular flexibility index (Phi) is 7.30. The van der Waals surface area contributed by atoms with E-state index in [1.165, 1.54) is 19.2 Å². The molecule has 0 aliphatic carbocycles. The van der Waals surface area contributed by atoms with Crippen LogP contribution in [0, 0.1) is 0 Å². The molecule has 2 aromatic rings. The number of carbonyl (C=O) groups excluding carboxylic acids is 1. The van der Waals surface area contributed by atoms with Crippen molar-refractivity contribution >= 4 is 21.6 Å². The Morgan fingerprint density at radius 2 is 1.83 bits per heavy atom. The zero-order valence-corrected chi connectivity index (χ0v) is 17.8. The lowest BCUT2D eigenvalue weighted by Gasteiger charge is -2.12. The predicted octanol–water partition coefficient (Wildman–Crippen LogP) is 2.34. The number of hydrogen-bond acceptors (Lipinski definition) is 6. The molecule has 1 saturated heterocycles. The first-order valence-electron chi connectivity index (χ1n) is 9.63. The normalized spacial score (nSPS) is 16.3. The van der Waals surface area contributed by atoms with E-state index in [-0.39, 0.29) is 29.9 Å². The first kappa shape index (κ1) is 22.1. The van der Waals surface area contributed by atoms with Gasteiger partial charge in [0.05, 0.1) is 31.6 Å². The molecule has 0 bridgehead atoms. The quantitative estimate of drug-likeness (QED) is 0.628. The summed E-state index contributed by atoms with van der Waals surface area (Å²) in [4.78, 5) is 12.5. The summed E-state index contributed by atoms with van der Waals surface area (Å²) in [6, 6.07) is 11.3. The van der Waals surface area contributed by atoms with Crippen molar-refractivity contribution in [2.45, 2.75) is 30.3 Å². The van der Waals surface area contributed by atoms with Crippen molar-refractivity contribution in [3.63, 3.8) is 0 Å². The second-order valence-electron chi connectivity index (χ2n) is 6.93. The van der Waals surface area contributed by atoms with E-state index < -0.39 is 10.0 Å². The molecule has 2 N–H and O–H groups in total. The summed E-state index contributed by atoms with van der Waals surface area (Å²) in [6.07, 6.45) is 1.87.